The number of aryl methyl sites for hydroxylation is 1. The van der Waals surface area contributed by atoms with Crippen LogP contribution in [-0.4, -0.2) is 26.5 Å². The predicted octanol–water partition coefficient (Wildman–Crippen LogP) is 4.28. The van der Waals surface area contributed by atoms with Crippen LogP contribution in [0, 0.1) is 0 Å². The quantitative estimate of drug-likeness (QED) is 0.250. The molecule has 0 aliphatic heterocycles. The van der Waals surface area contributed by atoms with Gasteiger partial charge in [0.1, 0.15) is 5.75 Å². The van der Waals surface area contributed by atoms with Crippen LogP contribution < -0.4 is 9.47 Å². The van der Waals surface area contributed by atoms with Gasteiger partial charge in [0.2, 0.25) is 0 Å². The number of benzene rings is 3. The smallest absolute Gasteiger partial charge is 0.308 e. The van der Waals surface area contributed by atoms with Crippen LogP contribution >= 0.6 is 0 Å². The number of fused-ring (bicyclic) bond motifs is 6. The minimum Gasteiger partial charge on any atom is -0.427 e. The number of carbonyl (C=O) groups is 2. The molecule has 2 aromatic heterocycles. The van der Waals surface area contributed by atoms with Gasteiger partial charge >= 0.3 is 11.9 Å². The molecule has 30 heavy (non-hydrogen) atoms. The van der Waals surface area contributed by atoms with E-state index in [9.17, 15) is 9.59 Å². The fraction of sp³-hybridized carbons (Fsp3) is 0.130. The van der Waals surface area contributed by atoms with Gasteiger partial charge in [0.15, 0.2) is 5.75 Å². The van der Waals surface area contributed by atoms with Crippen molar-refractivity contribution in [1.82, 2.24) is 14.5 Å². The van der Waals surface area contributed by atoms with Crippen molar-refractivity contribution in [3.63, 3.8) is 0 Å². The number of nitrogens with zero attached hydrogens (tertiary/aromatic N) is 3. The number of ether oxygens (including phenoxy) is 2. The highest BCUT2D eigenvalue weighted by Crippen LogP contribution is 2.40. The molecule has 5 rings (SSSR count). The number of aromatic nitrogens is 3. The molecule has 0 bridgehead atoms. The van der Waals surface area contributed by atoms with Crippen LogP contribution in [0.25, 0.3) is 43.9 Å². The van der Waals surface area contributed by atoms with E-state index in [0.717, 1.165) is 32.8 Å². The lowest BCUT2D eigenvalue weighted by Crippen LogP contribution is -2.04. The van der Waals surface area contributed by atoms with Crippen LogP contribution in [0.3, 0.4) is 0 Å². The second-order valence-electron chi connectivity index (χ2n) is 7.10. The summed E-state index contributed by atoms with van der Waals surface area (Å²) >= 11 is 0. The van der Waals surface area contributed by atoms with Crippen molar-refractivity contribution < 1.29 is 19.1 Å². The highest BCUT2D eigenvalue weighted by molar-refractivity contribution is 6.21. The summed E-state index contributed by atoms with van der Waals surface area (Å²) in [4.78, 5) is 32.8. The summed E-state index contributed by atoms with van der Waals surface area (Å²) in [5.41, 5.74) is 4.42. The molecule has 5 aromatic rings. The summed E-state index contributed by atoms with van der Waals surface area (Å²) < 4.78 is 12.7. The Bertz CT molecular complexity index is 1520. The second-order valence-corrected chi connectivity index (χ2v) is 7.10. The summed E-state index contributed by atoms with van der Waals surface area (Å²) in [6.45, 7) is 2.72. The molecule has 0 fully saturated rings. The van der Waals surface area contributed by atoms with Gasteiger partial charge in [-0.25, -0.2) is 9.97 Å². The summed E-state index contributed by atoms with van der Waals surface area (Å²) in [6, 6.07) is 14.8. The van der Waals surface area contributed by atoms with E-state index < -0.39 is 11.9 Å². The average Bonchev–Trinajstić information content (AvgIpc) is 2.99. The zero-order valence-electron chi connectivity index (χ0n) is 16.6. The first-order valence-electron chi connectivity index (χ1n) is 9.41. The molecule has 0 unspecified atom stereocenters. The maximum absolute atomic E-state index is 11.8. The number of esters is 2. The molecule has 0 aliphatic rings. The highest BCUT2D eigenvalue weighted by Gasteiger charge is 2.20. The Labute approximate surface area is 170 Å². The first kappa shape index (κ1) is 18.1. The first-order valence-corrected chi connectivity index (χ1v) is 9.41. The van der Waals surface area contributed by atoms with E-state index in [1.807, 2.05) is 41.9 Å². The second kappa shape index (κ2) is 6.52. The van der Waals surface area contributed by atoms with Crippen LogP contribution in [-0.2, 0) is 16.6 Å². The third-order valence-electron chi connectivity index (χ3n) is 5.02. The molecule has 0 spiro atoms. The van der Waals surface area contributed by atoms with Crippen molar-refractivity contribution in [2.24, 2.45) is 7.05 Å². The van der Waals surface area contributed by atoms with Crippen molar-refractivity contribution in [3.8, 4) is 11.5 Å². The Kier molecular flexibility index (Phi) is 3.92. The maximum Gasteiger partial charge on any atom is 0.308 e. The largest absolute Gasteiger partial charge is 0.427 e. The molecule has 7 heteroatoms. The molecule has 0 aliphatic carbocycles. The van der Waals surface area contributed by atoms with Gasteiger partial charge in [-0.3, -0.25) is 9.59 Å². The van der Waals surface area contributed by atoms with E-state index in [4.69, 9.17) is 19.4 Å². The third-order valence-corrected chi connectivity index (χ3v) is 5.02. The van der Waals surface area contributed by atoms with Crippen molar-refractivity contribution in [2.75, 3.05) is 0 Å². The van der Waals surface area contributed by atoms with Gasteiger partial charge in [0, 0.05) is 43.8 Å². The van der Waals surface area contributed by atoms with Crippen molar-refractivity contribution in [2.45, 2.75) is 13.8 Å². The van der Waals surface area contributed by atoms with Gasteiger partial charge in [-0.05, 0) is 24.3 Å². The Morgan fingerprint density at radius 2 is 1.57 bits per heavy atom. The maximum atomic E-state index is 11.8. The molecule has 0 radical (unpaired) electrons. The minimum atomic E-state index is -0.421. The van der Waals surface area contributed by atoms with E-state index >= 15 is 0 Å². The molecule has 0 saturated heterocycles. The van der Waals surface area contributed by atoms with Crippen LogP contribution in [0.1, 0.15) is 13.8 Å². The van der Waals surface area contributed by atoms with Crippen LogP contribution in [0.4, 0.5) is 0 Å². The number of rotatable bonds is 2. The average molecular weight is 399 g/mol. The molecule has 3 aromatic carbocycles. The van der Waals surface area contributed by atoms with Crippen molar-refractivity contribution in [1.29, 1.82) is 0 Å². The number of hydrogen-bond donors (Lipinski definition) is 0. The molecule has 2 heterocycles. The van der Waals surface area contributed by atoms with Crippen molar-refractivity contribution in [3.05, 3.63) is 48.5 Å². The van der Waals surface area contributed by atoms with Crippen molar-refractivity contribution >= 4 is 55.8 Å². The summed E-state index contributed by atoms with van der Waals surface area (Å²) in [5, 5.41) is 1.72. The predicted molar refractivity (Wildman–Crippen MR) is 114 cm³/mol. The summed E-state index contributed by atoms with van der Waals surface area (Å²) in [7, 11) is 1.87. The normalized spacial score (nSPS) is 11.4. The standard InChI is InChI=1S/C23H17N3O4/c1-12(27)29-14-8-9-15-19(10-14)26(3)23-20(30-13(2)28)11-18-22(21(15)23)25-17-7-5-4-6-16(17)24-18/h4-11H,1-3H3. The SMILES string of the molecule is CC(=O)Oc1ccc2c3c4nc5ccccc5nc4cc(OC(C)=O)c3n(C)c2c1. The Balaban J connectivity index is 1.95. The lowest BCUT2D eigenvalue weighted by molar-refractivity contribution is -0.132. The van der Waals surface area contributed by atoms with E-state index in [2.05, 4.69) is 0 Å². The summed E-state index contributed by atoms with van der Waals surface area (Å²) in [5.74, 6) is 0.0323. The molecule has 0 atom stereocenters. The fourth-order valence-electron chi connectivity index (χ4n) is 3.90. The first-order chi connectivity index (χ1) is 14.4. The Hall–Kier alpha value is -4.00. The van der Waals surface area contributed by atoms with Gasteiger partial charge in [0.05, 0.1) is 33.1 Å². The van der Waals surface area contributed by atoms with E-state index in [1.165, 1.54) is 13.8 Å². The zero-order valence-corrected chi connectivity index (χ0v) is 16.6. The molecule has 0 amide bonds. The Morgan fingerprint density at radius 3 is 2.27 bits per heavy atom. The van der Waals surface area contributed by atoms with Gasteiger partial charge in [-0.1, -0.05) is 12.1 Å². The number of carbonyl (C=O) groups excluding carboxylic acids is 2. The van der Waals surface area contributed by atoms with E-state index in [-0.39, 0.29) is 0 Å². The molecular formula is C23H17N3O4. The third kappa shape index (κ3) is 2.75. The fourth-order valence-corrected chi connectivity index (χ4v) is 3.90. The monoisotopic (exact) mass is 399 g/mol. The zero-order chi connectivity index (χ0) is 21.0. The van der Waals surface area contributed by atoms with Crippen LogP contribution in [0.2, 0.25) is 0 Å². The molecule has 0 N–H and O–H groups in total. The minimum absolute atomic E-state index is 0.392. The lowest BCUT2D eigenvalue weighted by Gasteiger charge is -2.09. The van der Waals surface area contributed by atoms with E-state index in [1.54, 1.807) is 18.2 Å². The molecule has 148 valence electrons. The topological polar surface area (TPSA) is 83.3 Å². The van der Waals surface area contributed by atoms with Crippen LogP contribution in [0.15, 0.2) is 48.5 Å². The molecular weight excluding hydrogens is 382 g/mol. The lowest BCUT2D eigenvalue weighted by atomic mass is 10.1. The highest BCUT2D eigenvalue weighted by atomic mass is 16.5. The van der Waals surface area contributed by atoms with Gasteiger partial charge in [-0.2, -0.15) is 0 Å². The number of para-hydroxylation sites is 2. The molecule has 0 saturated carbocycles. The van der Waals surface area contributed by atoms with Gasteiger partial charge in [-0.15, -0.1) is 0 Å². The van der Waals surface area contributed by atoms with Gasteiger partial charge < -0.3 is 14.0 Å². The van der Waals surface area contributed by atoms with Crippen LogP contribution in [0.5, 0.6) is 11.5 Å². The van der Waals surface area contributed by atoms with Gasteiger partial charge in [0.25, 0.3) is 0 Å². The summed E-state index contributed by atoms with van der Waals surface area (Å²) in [6.07, 6.45) is 0. The Morgan fingerprint density at radius 1 is 0.867 bits per heavy atom. The number of hydrogen-bond acceptors (Lipinski definition) is 6. The van der Waals surface area contributed by atoms with E-state index in [0.29, 0.717) is 22.5 Å². The molecule has 7 nitrogen and oxygen atoms in total.